The number of hydrogen-bond donors (Lipinski definition) is 1. The van der Waals surface area contributed by atoms with E-state index in [2.05, 4.69) is 15.5 Å². The van der Waals surface area contributed by atoms with Crippen LogP contribution in [-0.2, 0) is 27.8 Å². The molecule has 1 N–H and O–H groups in total. The fourth-order valence-electron chi connectivity index (χ4n) is 2.84. The summed E-state index contributed by atoms with van der Waals surface area (Å²) in [6.07, 6.45) is 1.96. The molecule has 152 valence electrons. The van der Waals surface area contributed by atoms with Crippen LogP contribution in [0.3, 0.4) is 0 Å². The number of aromatic nitrogens is 3. The summed E-state index contributed by atoms with van der Waals surface area (Å²) < 4.78 is 11.9. The molecule has 0 radical (unpaired) electrons. The van der Waals surface area contributed by atoms with Crippen molar-refractivity contribution in [2.75, 3.05) is 12.9 Å². The van der Waals surface area contributed by atoms with Gasteiger partial charge in [0, 0.05) is 13.5 Å². The molecular formula is C20H22N4O4S. The number of ether oxygens (including phenoxy) is 1. The summed E-state index contributed by atoms with van der Waals surface area (Å²) in [7, 11) is 3.13. The Kier molecular flexibility index (Phi) is 6.71. The van der Waals surface area contributed by atoms with Crippen LogP contribution < -0.4 is 5.32 Å². The van der Waals surface area contributed by atoms with Gasteiger partial charge in [-0.15, -0.1) is 10.2 Å². The van der Waals surface area contributed by atoms with Gasteiger partial charge in [-0.05, 0) is 18.6 Å². The van der Waals surface area contributed by atoms with Crippen LogP contribution in [0.15, 0.2) is 52.2 Å². The lowest BCUT2D eigenvalue weighted by Gasteiger charge is -2.16. The number of esters is 1. The number of amides is 1. The third kappa shape index (κ3) is 5.05. The zero-order chi connectivity index (χ0) is 20.8. The first kappa shape index (κ1) is 20.7. The van der Waals surface area contributed by atoms with Gasteiger partial charge in [0.1, 0.15) is 11.8 Å². The molecule has 9 heteroatoms. The van der Waals surface area contributed by atoms with E-state index in [0.29, 0.717) is 17.4 Å². The van der Waals surface area contributed by atoms with E-state index in [-0.39, 0.29) is 11.7 Å². The van der Waals surface area contributed by atoms with Crippen molar-refractivity contribution < 1.29 is 18.7 Å². The molecule has 0 fully saturated rings. The molecule has 0 aliphatic heterocycles. The minimum absolute atomic E-state index is 0.0959. The Balaban J connectivity index is 1.61. The van der Waals surface area contributed by atoms with E-state index in [0.717, 1.165) is 16.9 Å². The highest BCUT2D eigenvalue weighted by molar-refractivity contribution is 7.99. The summed E-state index contributed by atoms with van der Waals surface area (Å²) in [6.45, 7) is 1.85. The maximum atomic E-state index is 12.4. The van der Waals surface area contributed by atoms with E-state index in [1.807, 2.05) is 50.4 Å². The maximum absolute atomic E-state index is 12.4. The fraction of sp³-hybridized carbons (Fsp3) is 0.300. The second-order valence-electron chi connectivity index (χ2n) is 6.38. The monoisotopic (exact) mass is 414 g/mol. The predicted molar refractivity (Wildman–Crippen MR) is 108 cm³/mol. The Labute approximate surface area is 172 Å². The third-order valence-corrected chi connectivity index (χ3v) is 5.39. The number of furan rings is 1. The van der Waals surface area contributed by atoms with Crippen LogP contribution in [0.4, 0.5) is 0 Å². The summed E-state index contributed by atoms with van der Waals surface area (Å²) in [5.41, 5.74) is 1.79. The zero-order valence-corrected chi connectivity index (χ0v) is 17.2. The van der Waals surface area contributed by atoms with E-state index >= 15 is 0 Å². The SMILES string of the molecule is COC(=O)[C@@H](Cc1ccccc1)NC(=O)CSc1nnc(-c2ccoc2C)n1C. The van der Waals surface area contributed by atoms with Crippen LogP contribution >= 0.6 is 11.8 Å². The van der Waals surface area contributed by atoms with Gasteiger partial charge >= 0.3 is 5.97 Å². The molecule has 2 heterocycles. The smallest absolute Gasteiger partial charge is 0.328 e. The molecule has 1 aromatic carbocycles. The highest BCUT2D eigenvalue weighted by Crippen LogP contribution is 2.25. The van der Waals surface area contributed by atoms with Gasteiger partial charge in [-0.1, -0.05) is 42.1 Å². The molecule has 0 aliphatic rings. The van der Waals surface area contributed by atoms with Gasteiger partial charge in [0.25, 0.3) is 0 Å². The van der Waals surface area contributed by atoms with Gasteiger partial charge in [0.05, 0.1) is 24.7 Å². The number of aryl methyl sites for hydroxylation is 1. The summed E-state index contributed by atoms with van der Waals surface area (Å²) in [5.74, 6) is 0.736. The lowest BCUT2D eigenvalue weighted by atomic mass is 10.1. The average Bonchev–Trinajstić information content (AvgIpc) is 3.31. The highest BCUT2D eigenvalue weighted by Gasteiger charge is 2.22. The molecule has 0 saturated carbocycles. The summed E-state index contributed by atoms with van der Waals surface area (Å²) in [5, 5.41) is 11.7. The van der Waals surface area contributed by atoms with Crippen LogP contribution in [0.1, 0.15) is 11.3 Å². The van der Waals surface area contributed by atoms with Crippen molar-refractivity contribution in [3.05, 3.63) is 54.0 Å². The summed E-state index contributed by atoms with van der Waals surface area (Å²) in [4.78, 5) is 24.5. The molecule has 0 aliphatic carbocycles. The van der Waals surface area contributed by atoms with Crippen LogP contribution in [0.2, 0.25) is 0 Å². The maximum Gasteiger partial charge on any atom is 0.328 e. The van der Waals surface area contributed by atoms with Crippen molar-refractivity contribution in [2.24, 2.45) is 7.05 Å². The Hall–Kier alpha value is -3.07. The Morgan fingerprint density at radius 1 is 1.24 bits per heavy atom. The van der Waals surface area contributed by atoms with E-state index in [4.69, 9.17) is 9.15 Å². The van der Waals surface area contributed by atoms with Crippen molar-refractivity contribution in [1.29, 1.82) is 0 Å². The second-order valence-corrected chi connectivity index (χ2v) is 7.32. The van der Waals surface area contributed by atoms with Gasteiger partial charge in [-0.2, -0.15) is 0 Å². The van der Waals surface area contributed by atoms with Gasteiger partial charge < -0.3 is 19.0 Å². The predicted octanol–water partition coefficient (Wildman–Crippen LogP) is 2.38. The largest absolute Gasteiger partial charge is 0.469 e. The number of carbonyl (C=O) groups excluding carboxylic acids is 2. The van der Waals surface area contributed by atoms with Gasteiger partial charge in [-0.25, -0.2) is 4.79 Å². The van der Waals surface area contributed by atoms with Gasteiger partial charge in [0.2, 0.25) is 5.91 Å². The number of thioether (sulfide) groups is 1. The zero-order valence-electron chi connectivity index (χ0n) is 16.4. The van der Waals surface area contributed by atoms with Crippen molar-refractivity contribution in [3.63, 3.8) is 0 Å². The summed E-state index contributed by atoms with van der Waals surface area (Å²) in [6, 6.07) is 10.5. The van der Waals surface area contributed by atoms with Crippen LogP contribution in [-0.4, -0.2) is 45.5 Å². The molecule has 0 spiro atoms. The lowest BCUT2D eigenvalue weighted by molar-refractivity contribution is -0.144. The molecular weight excluding hydrogens is 392 g/mol. The van der Waals surface area contributed by atoms with Crippen LogP contribution in [0.25, 0.3) is 11.4 Å². The molecule has 0 bridgehead atoms. The molecule has 0 saturated heterocycles. The second kappa shape index (κ2) is 9.42. The Morgan fingerprint density at radius 3 is 2.66 bits per heavy atom. The van der Waals surface area contributed by atoms with Crippen LogP contribution in [0.5, 0.6) is 0 Å². The number of hydrogen-bond acceptors (Lipinski definition) is 7. The van der Waals surface area contributed by atoms with E-state index in [9.17, 15) is 9.59 Å². The first-order valence-corrected chi connectivity index (χ1v) is 9.96. The number of nitrogens with one attached hydrogen (secondary N) is 1. The molecule has 29 heavy (non-hydrogen) atoms. The van der Waals surface area contributed by atoms with E-state index < -0.39 is 12.0 Å². The molecule has 2 aromatic heterocycles. The molecule has 1 amide bonds. The van der Waals surface area contributed by atoms with E-state index in [1.54, 1.807) is 10.8 Å². The minimum atomic E-state index is -0.751. The number of carbonyl (C=O) groups is 2. The molecule has 8 nitrogen and oxygen atoms in total. The Bertz CT molecular complexity index is 984. The average molecular weight is 414 g/mol. The molecule has 3 aromatic rings. The number of methoxy groups -OCH3 is 1. The topological polar surface area (TPSA) is 99.2 Å². The van der Waals surface area contributed by atoms with Crippen molar-refractivity contribution >= 4 is 23.6 Å². The van der Waals surface area contributed by atoms with Crippen molar-refractivity contribution in [1.82, 2.24) is 20.1 Å². The van der Waals surface area contributed by atoms with Gasteiger partial charge in [0.15, 0.2) is 11.0 Å². The normalized spacial score (nSPS) is 11.8. The number of rotatable bonds is 8. The highest BCUT2D eigenvalue weighted by atomic mass is 32.2. The van der Waals surface area contributed by atoms with Gasteiger partial charge in [-0.3, -0.25) is 4.79 Å². The van der Waals surface area contributed by atoms with Crippen LogP contribution in [0, 0.1) is 6.92 Å². The van der Waals surface area contributed by atoms with Crippen molar-refractivity contribution in [3.8, 4) is 11.4 Å². The first-order valence-electron chi connectivity index (χ1n) is 8.97. The Morgan fingerprint density at radius 2 is 2.00 bits per heavy atom. The molecule has 1 atom stereocenters. The van der Waals surface area contributed by atoms with E-state index in [1.165, 1.54) is 18.9 Å². The fourth-order valence-corrected chi connectivity index (χ4v) is 3.57. The summed E-state index contributed by atoms with van der Waals surface area (Å²) >= 11 is 1.24. The number of benzene rings is 1. The standard InChI is InChI=1S/C20H22N4O4S/c1-13-15(9-10-28-13)18-22-23-20(24(18)2)29-12-17(25)21-16(19(26)27-3)11-14-7-5-4-6-8-14/h4-10,16H,11-12H2,1-3H3,(H,21,25)/t16-/m1/s1. The molecule has 3 rings (SSSR count). The number of nitrogens with zero attached hydrogens (tertiary/aromatic N) is 3. The van der Waals surface area contributed by atoms with Crippen molar-refractivity contribution in [2.45, 2.75) is 24.5 Å². The third-order valence-electron chi connectivity index (χ3n) is 4.37. The molecule has 0 unspecified atom stereocenters. The minimum Gasteiger partial charge on any atom is -0.469 e. The quantitative estimate of drug-likeness (QED) is 0.446. The lowest BCUT2D eigenvalue weighted by Crippen LogP contribution is -2.43. The first-order chi connectivity index (χ1) is 14.0.